The van der Waals surface area contributed by atoms with Gasteiger partial charge in [-0.15, -0.1) is 0 Å². The van der Waals surface area contributed by atoms with Gasteiger partial charge in [0, 0.05) is 13.0 Å². The zero-order chi connectivity index (χ0) is 55.8. The van der Waals surface area contributed by atoms with Crippen molar-refractivity contribution in [3.8, 4) is 0 Å². The topological polar surface area (TPSA) is 214 Å². The van der Waals surface area contributed by atoms with E-state index >= 15 is 0 Å². The molecule has 0 saturated carbocycles. The van der Waals surface area contributed by atoms with Crippen LogP contribution in [0.2, 0.25) is 0 Å². The van der Waals surface area contributed by atoms with Gasteiger partial charge in [0.05, 0.1) is 26.4 Å². The number of aliphatic hydroxyl groups is 7. The Balaban J connectivity index is 1.76. The van der Waals surface area contributed by atoms with Crippen molar-refractivity contribution < 1.29 is 69.0 Å². The Morgan fingerprint density at radius 1 is 0.429 bits per heavy atom. The Labute approximate surface area is 462 Å². The number of allylic oxidation sites excluding steroid dienone is 22. The van der Waals surface area contributed by atoms with Gasteiger partial charge in [0.25, 0.3) is 0 Å². The molecule has 7 N–H and O–H groups in total. The van der Waals surface area contributed by atoms with Crippen LogP contribution in [0.3, 0.4) is 0 Å². The van der Waals surface area contributed by atoms with E-state index in [4.69, 9.17) is 28.4 Å². The maximum atomic E-state index is 13.0. The zero-order valence-corrected chi connectivity index (χ0v) is 46.6. The van der Waals surface area contributed by atoms with Crippen LogP contribution >= 0.6 is 0 Å². The summed E-state index contributed by atoms with van der Waals surface area (Å²) >= 11 is 0. The predicted octanol–water partition coefficient (Wildman–Crippen LogP) is 10.3. The maximum absolute atomic E-state index is 13.0. The molecule has 0 aliphatic carbocycles. The molecule has 77 heavy (non-hydrogen) atoms. The van der Waals surface area contributed by atoms with Crippen LogP contribution in [0, 0.1) is 0 Å². The van der Waals surface area contributed by atoms with Crippen LogP contribution in [0.5, 0.6) is 0 Å². The molecule has 2 aliphatic rings. The maximum Gasteiger partial charge on any atom is 0.306 e. The molecule has 2 fully saturated rings. The van der Waals surface area contributed by atoms with Crippen molar-refractivity contribution in [2.45, 2.75) is 223 Å². The minimum absolute atomic E-state index is 0.0151. The van der Waals surface area contributed by atoms with E-state index < -0.39 is 86.7 Å². The lowest BCUT2D eigenvalue weighted by molar-refractivity contribution is -0.332. The zero-order valence-electron chi connectivity index (χ0n) is 46.6. The fourth-order valence-corrected chi connectivity index (χ4v) is 8.10. The Morgan fingerprint density at radius 3 is 1.26 bits per heavy atom. The molecule has 0 aromatic carbocycles. The average molecular weight is 1080 g/mol. The van der Waals surface area contributed by atoms with Crippen molar-refractivity contribution in [2.24, 2.45) is 0 Å². The monoisotopic (exact) mass is 1080 g/mol. The lowest BCUT2D eigenvalue weighted by atomic mass is 9.98. The molecule has 0 aromatic heterocycles. The van der Waals surface area contributed by atoms with Crippen molar-refractivity contribution in [1.82, 2.24) is 0 Å². The van der Waals surface area contributed by atoms with Crippen LogP contribution in [0.25, 0.3) is 0 Å². The molecule has 0 spiro atoms. The molecule has 2 rings (SSSR count). The van der Waals surface area contributed by atoms with Gasteiger partial charge in [0.2, 0.25) is 0 Å². The third kappa shape index (κ3) is 34.7. The third-order valence-corrected chi connectivity index (χ3v) is 12.7. The van der Waals surface area contributed by atoms with Crippen LogP contribution in [-0.2, 0) is 33.2 Å². The van der Waals surface area contributed by atoms with Crippen LogP contribution < -0.4 is 0 Å². The summed E-state index contributed by atoms with van der Waals surface area (Å²) in [6, 6.07) is 0. The quantitative estimate of drug-likeness (QED) is 0.0172. The van der Waals surface area contributed by atoms with E-state index in [-0.39, 0.29) is 19.6 Å². The molecular weight excluding hydrogens is 981 g/mol. The largest absolute Gasteiger partial charge is 0.457 e. The summed E-state index contributed by atoms with van der Waals surface area (Å²) < 4.78 is 34.3. The van der Waals surface area contributed by atoms with Crippen LogP contribution in [0.15, 0.2) is 134 Å². The third-order valence-electron chi connectivity index (χ3n) is 12.7. The molecule has 11 unspecified atom stereocenters. The van der Waals surface area contributed by atoms with E-state index in [9.17, 15) is 40.5 Å². The number of hydrogen-bond donors (Lipinski definition) is 7. The summed E-state index contributed by atoms with van der Waals surface area (Å²) in [4.78, 5) is 13.0. The number of esters is 1. The molecule has 0 aromatic rings. The van der Waals surface area contributed by atoms with Gasteiger partial charge in [-0.05, 0) is 96.3 Å². The number of hydrogen-bond acceptors (Lipinski definition) is 14. The van der Waals surface area contributed by atoms with Gasteiger partial charge in [0.1, 0.15) is 54.9 Å². The normalized spacial score (nSPS) is 25.3. The highest BCUT2D eigenvalue weighted by Crippen LogP contribution is 2.26. The second kappa shape index (κ2) is 48.1. The second-order valence-electron chi connectivity index (χ2n) is 19.3. The SMILES string of the molecule is CC/C=C\C/C=C\C/C=C\C/C=C\C/C=C\C/C=C\CCC(=O)OC(COCCCCCCCCCC/C=C\C/C=C\C/C=C\C/C=C\C/C=C\CC)COC1OC(COC2OC(CO)C(O)C(O)C2O)C(O)C(O)C1O. The van der Waals surface area contributed by atoms with E-state index in [1.807, 2.05) is 12.2 Å². The number of carbonyl (C=O) groups is 1. The fraction of sp³-hybridized carbons (Fsp3) is 0.635. The number of aliphatic hydroxyl groups excluding tert-OH is 7. The van der Waals surface area contributed by atoms with Gasteiger partial charge in [-0.2, -0.15) is 0 Å². The minimum atomic E-state index is -1.73. The van der Waals surface area contributed by atoms with E-state index in [0.29, 0.717) is 13.0 Å². The highest BCUT2D eigenvalue weighted by Gasteiger charge is 2.47. The van der Waals surface area contributed by atoms with Crippen LogP contribution in [0.1, 0.15) is 155 Å². The lowest BCUT2D eigenvalue weighted by Gasteiger charge is -2.42. The molecule has 436 valence electrons. The van der Waals surface area contributed by atoms with E-state index in [2.05, 4.69) is 135 Å². The Kier molecular flexibility index (Phi) is 43.2. The molecule has 2 aliphatic heterocycles. The van der Waals surface area contributed by atoms with E-state index in [1.165, 1.54) is 25.7 Å². The first-order valence-corrected chi connectivity index (χ1v) is 28.8. The standard InChI is InChI=1S/C63H100O14/c1-3-5-7-9-11-13-15-17-19-21-23-24-25-26-27-29-31-33-35-37-39-41-43-45-47-72-49-52(75-55(65)46-44-42-40-38-36-34-32-30-28-22-20-18-16-14-12-10-8-6-4-2)50-73-62-61(71)59(69)57(67)54(77-62)51-74-63-60(70)58(68)56(66)53(48-64)76-63/h5-8,11-14,17-20,23-24,26-28,30,34,36,40,42,52-54,56-64,66-71H,3-4,9-10,15-16,21-22,25,29,31-33,35,37-39,41,43-51H2,1-2H3/b7-5-,8-6-,13-11-,14-12-,19-17-,20-18-,24-23-,27-26-,30-28-,36-34-,42-40-. The predicted molar refractivity (Wildman–Crippen MR) is 307 cm³/mol. The molecule has 14 nitrogen and oxygen atoms in total. The van der Waals surface area contributed by atoms with Gasteiger partial charge in [-0.1, -0.05) is 186 Å². The molecule has 0 bridgehead atoms. The summed E-state index contributed by atoms with van der Waals surface area (Å²) in [5, 5.41) is 72.3. The Bertz CT molecular complexity index is 1780. The Morgan fingerprint density at radius 2 is 0.805 bits per heavy atom. The first kappa shape index (κ1) is 69.2. The molecule has 0 radical (unpaired) electrons. The highest BCUT2D eigenvalue weighted by molar-refractivity contribution is 5.69. The molecular formula is C63H100O14. The first-order chi connectivity index (χ1) is 37.6. The summed E-state index contributed by atoms with van der Waals surface area (Å²) in [5.74, 6) is -0.467. The van der Waals surface area contributed by atoms with E-state index in [1.54, 1.807) is 0 Å². The van der Waals surface area contributed by atoms with Gasteiger partial charge in [0.15, 0.2) is 12.6 Å². The summed E-state index contributed by atoms with van der Waals surface area (Å²) in [5.41, 5.74) is 0. The van der Waals surface area contributed by atoms with E-state index in [0.717, 1.165) is 103 Å². The molecule has 2 heterocycles. The molecule has 0 amide bonds. The van der Waals surface area contributed by atoms with Gasteiger partial charge >= 0.3 is 5.97 Å². The summed E-state index contributed by atoms with van der Waals surface area (Å²) in [6.45, 7) is 3.31. The molecule has 11 atom stereocenters. The minimum Gasteiger partial charge on any atom is -0.457 e. The van der Waals surface area contributed by atoms with Crippen molar-refractivity contribution in [3.05, 3.63) is 134 Å². The smallest absolute Gasteiger partial charge is 0.306 e. The average Bonchev–Trinajstić information content (AvgIpc) is 3.43. The summed E-state index contributed by atoms with van der Waals surface area (Å²) in [7, 11) is 0. The van der Waals surface area contributed by atoms with Crippen molar-refractivity contribution in [3.63, 3.8) is 0 Å². The number of ether oxygens (including phenoxy) is 6. The van der Waals surface area contributed by atoms with Crippen molar-refractivity contribution in [2.75, 3.05) is 33.0 Å². The number of unbranched alkanes of at least 4 members (excludes halogenated alkanes) is 8. The van der Waals surface area contributed by atoms with Gasteiger partial charge < -0.3 is 64.2 Å². The first-order valence-electron chi connectivity index (χ1n) is 28.8. The van der Waals surface area contributed by atoms with Gasteiger partial charge in [-0.3, -0.25) is 4.79 Å². The van der Waals surface area contributed by atoms with Crippen LogP contribution in [-0.4, -0.2) is 142 Å². The van der Waals surface area contributed by atoms with Crippen molar-refractivity contribution >= 4 is 5.97 Å². The second-order valence-corrected chi connectivity index (χ2v) is 19.3. The fourth-order valence-electron chi connectivity index (χ4n) is 8.10. The Hall–Kier alpha value is -3.87. The number of rotatable bonds is 44. The molecule has 2 saturated heterocycles. The number of carbonyl (C=O) groups excluding carboxylic acids is 1. The lowest BCUT2D eigenvalue weighted by Crippen LogP contribution is -2.61. The highest BCUT2D eigenvalue weighted by atomic mass is 16.7. The summed E-state index contributed by atoms with van der Waals surface area (Å²) in [6.07, 6.45) is 52.4. The van der Waals surface area contributed by atoms with Crippen LogP contribution in [0.4, 0.5) is 0 Å². The van der Waals surface area contributed by atoms with Crippen molar-refractivity contribution in [1.29, 1.82) is 0 Å². The van der Waals surface area contributed by atoms with Gasteiger partial charge in [-0.25, -0.2) is 0 Å². The molecule has 14 heteroatoms.